The predicted octanol–water partition coefficient (Wildman–Crippen LogP) is 4.32. The number of carbonyl (C=O) groups is 1. The molecule has 0 spiro atoms. The minimum Gasteiger partial charge on any atom is -0.478 e. The number of hydrogen-bond donors (Lipinski definition) is 1. The van der Waals surface area contributed by atoms with Gasteiger partial charge < -0.3 is 19.4 Å². The van der Waals surface area contributed by atoms with Gasteiger partial charge in [-0.05, 0) is 56.3 Å². The molecule has 3 aromatic rings. The molecule has 0 radical (unpaired) electrons. The maximum atomic E-state index is 11.7. The molecule has 1 unspecified atom stereocenters. The standard InChI is InChI=1S/C20H18ClN3O5/c1-12(29-22-3)20(2,19(25)26)28-15-7-5-14(6-8-15)27-18-11-23-17-10-13(21)4-9-16(17)24-18/h4-12H,3H2,1-2H3,(H,25,26)/t12?,20-/m1/s1. The minimum atomic E-state index is -1.66. The van der Waals surface area contributed by atoms with Crippen molar-refractivity contribution in [1.82, 2.24) is 9.97 Å². The van der Waals surface area contributed by atoms with Crippen molar-refractivity contribution in [2.24, 2.45) is 5.16 Å². The summed E-state index contributed by atoms with van der Waals surface area (Å²) in [6.45, 7) is 6.13. The van der Waals surface area contributed by atoms with Crippen LogP contribution in [0.5, 0.6) is 17.4 Å². The molecule has 0 saturated heterocycles. The van der Waals surface area contributed by atoms with Crippen LogP contribution in [0.4, 0.5) is 0 Å². The molecule has 2 atom stereocenters. The lowest BCUT2D eigenvalue weighted by molar-refractivity contribution is -0.167. The molecule has 0 aliphatic heterocycles. The van der Waals surface area contributed by atoms with Crippen LogP contribution < -0.4 is 9.47 Å². The molecule has 1 heterocycles. The first-order valence-electron chi connectivity index (χ1n) is 8.56. The summed E-state index contributed by atoms with van der Waals surface area (Å²) in [6.07, 6.45) is 0.626. The van der Waals surface area contributed by atoms with Crippen LogP contribution in [0.15, 0.2) is 53.8 Å². The highest BCUT2D eigenvalue weighted by Crippen LogP contribution is 2.28. The zero-order valence-electron chi connectivity index (χ0n) is 15.7. The van der Waals surface area contributed by atoms with Crippen LogP contribution in [0, 0.1) is 0 Å². The van der Waals surface area contributed by atoms with E-state index in [9.17, 15) is 9.90 Å². The van der Waals surface area contributed by atoms with E-state index in [0.29, 0.717) is 33.4 Å². The molecule has 0 bridgehead atoms. The van der Waals surface area contributed by atoms with E-state index in [1.807, 2.05) is 0 Å². The van der Waals surface area contributed by atoms with Crippen molar-refractivity contribution in [3.05, 3.63) is 53.7 Å². The van der Waals surface area contributed by atoms with E-state index >= 15 is 0 Å². The van der Waals surface area contributed by atoms with E-state index < -0.39 is 17.7 Å². The Morgan fingerprint density at radius 1 is 1.21 bits per heavy atom. The number of nitrogens with zero attached hydrogens (tertiary/aromatic N) is 3. The highest BCUT2D eigenvalue weighted by molar-refractivity contribution is 6.31. The molecule has 0 saturated carbocycles. The summed E-state index contributed by atoms with van der Waals surface area (Å²) in [5, 5.41) is 13.4. The average molecular weight is 416 g/mol. The number of benzene rings is 2. The number of carboxylic acid groups (broad SMARTS) is 1. The minimum absolute atomic E-state index is 0.308. The Morgan fingerprint density at radius 3 is 2.55 bits per heavy atom. The van der Waals surface area contributed by atoms with Gasteiger partial charge in [-0.1, -0.05) is 11.6 Å². The lowest BCUT2D eigenvalue weighted by Gasteiger charge is -2.30. The predicted molar refractivity (Wildman–Crippen MR) is 108 cm³/mol. The third-order valence-electron chi connectivity index (χ3n) is 4.29. The second-order valence-corrected chi connectivity index (χ2v) is 6.74. The number of carboxylic acids is 1. The van der Waals surface area contributed by atoms with Crippen molar-refractivity contribution in [3.8, 4) is 17.4 Å². The van der Waals surface area contributed by atoms with Crippen molar-refractivity contribution in [2.45, 2.75) is 25.6 Å². The molecule has 8 nitrogen and oxygen atoms in total. The molecule has 2 aromatic carbocycles. The summed E-state index contributed by atoms with van der Waals surface area (Å²) in [4.78, 5) is 25.3. The Morgan fingerprint density at radius 2 is 1.90 bits per heavy atom. The molecule has 0 aliphatic rings. The summed E-state index contributed by atoms with van der Waals surface area (Å²) in [6, 6.07) is 11.6. The molecular formula is C20H18ClN3O5. The number of fused-ring (bicyclic) bond motifs is 1. The molecule has 3 rings (SSSR count). The summed E-state index contributed by atoms with van der Waals surface area (Å²) in [5.74, 6) is -0.0847. The van der Waals surface area contributed by atoms with E-state index in [4.69, 9.17) is 25.9 Å². The van der Waals surface area contributed by atoms with Crippen molar-refractivity contribution in [1.29, 1.82) is 0 Å². The van der Waals surface area contributed by atoms with E-state index in [2.05, 4.69) is 21.8 Å². The number of hydrogen-bond acceptors (Lipinski definition) is 7. The van der Waals surface area contributed by atoms with Gasteiger partial charge >= 0.3 is 5.97 Å². The Kier molecular flexibility index (Phi) is 5.84. The number of oxime groups is 1. The van der Waals surface area contributed by atoms with Gasteiger partial charge in [-0.2, -0.15) is 0 Å². The van der Waals surface area contributed by atoms with E-state index in [0.717, 1.165) is 0 Å². The number of ether oxygens (including phenoxy) is 2. The monoisotopic (exact) mass is 415 g/mol. The van der Waals surface area contributed by atoms with Gasteiger partial charge in [-0.3, -0.25) is 0 Å². The molecular weight excluding hydrogens is 398 g/mol. The van der Waals surface area contributed by atoms with Gasteiger partial charge in [-0.15, -0.1) is 5.16 Å². The lowest BCUT2D eigenvalue weighted by atomic mass is 10.0. The van der Waals surface area contributed by atoms with Crippen LogP contribution in [0.3, 0.4) is 0 Å². The fourth-order valence-corrected chi connectivity index (χ4v) is 2.64. The zero-order valence-corrected chi connectivity index (χ0v) is 16.5. The molecule has 9 heteroatoms. The summed E-state index contributed by atoms with van der Waals surface area (Å²) >= 11 is 5.94. The number of aliphatic carboxylic acids is 1. The van der Waals surface area contributed by atoms with Gasteiger partial charge in [0.1, 0.15) is 11.5 Å². The Hall–Kier alpha value is -3.39. The van der Waals surface area contributed by atoms with Crippen LogP contribution in [0.1, 0.15) is 13.8 Å². The normalized spacial score (nSPS) is 13.9. The third kappa shape index (κ3) is 4.55. The van der Waals surface area contributed by atoms with Crippen LogP contribution in [0.25, 0.3) is 11.0 Å². The summed E-state index contributed by atoms with van der Waals surface area (Å²) < 4.78 is 11.4. The molecule has 29 heavy (non-hydrogen) atoms. The smallest absolute Gasteiger partial charge is 0.351 e. The maximum Gasteiger partial charge on any atom is 0.351 e. The molecule has 0 amide bonds. The van der Waals surface area contributed by atoms with Crippen LogP contribution in [0.2, 0.25) is 5.02 Å². The molecule has 0 aliphatic carbocycles. The Labute approximate surface area is 171 Å². The van der Waals surface area contributed by atoms with Crippen LogP contribution in [-0.2, 0) is 9.63 Å². The van der Waals surface area contributed by atoms with Gasteiger partial charge in [-0.25, -0.2) is 14.8 Å². The third-order valence-corrected chi connectivity index (χ3v) is 4.53. The van der Waals surface area contributed by atoms with Crippen molar-refractivity contribution >= 4 is 35.3 Å². The maximum absolute atomic E-state index is 11.7. The molecule has 0 fully saturated rings. The van der Waals surface area contributed by atoms with Crippen molar-refractivity contribution < 1.29 is 24.2 Å². The molecule has 150 valence electrons. The fourth-order valence-electron chi connectivity index (χ4n) is 2.47. The second-order valence-electron chi connectivity index (χ2n) is 6.31. The number of aromatic nitrogens is 2. The Bertz CT molecular complexity index is 1040. The Balaban J connectivity index is 1.75. The van der Waals surface area contributed by atoms with E-state index in [1.165, 1.54) is 20.0 Å². The first-order chi connectivity index (χ1) is 13.8. The SMILES string of the molecule is C=NOC(C)[C@@](C)(Oc1ccc(Oc2cnc3cc(Cl)ccc3n2)cc1)C(=O)O. The first kappa shape index (κ1) is 20.3. The first-order valence-corrected chi connectivity index (χ1v) is 8.94. The van der Waals surface area contributed by atoms with E-state index in [-0.39, 0.29) is 0 Å². The highest BCUT2D eigenvalue weighted by atomic mass is 35.5. The van der Waals surface area contributed by atoms with Crippen LogP contribution in [-0.4, -0.2) is 39.5 Å². The average Bonchev–Trinajstić information content (AvgIpc) is 2.69. The largest absolute Gasteiger partial charge is 0.478 e. The quantitative estimate of drug-likeness (QED) is 0.431. The molecule has 1 aromatic heterocycles. The highest BCUT2D eigenvalue weighted by Gasteiger charge is 2.44. The lowest BCUT2D eigenvalue weighted by Crippen LogP contribution is -2.51. The van der Waals surface area contributed by atoms with Gasteiger partial charge in [0.15, 0.2) is 6.10 Å². The van der Waals surface area contributed by atoms with Gasteiger partial charge in [0, 0.05) is 11.7 Å². The van der Waals surface area contributed by atoms with Crippen molar-refractivity contribution in [2.75, 3.05) is 0 Å². The number of halogens is 1. The molecule has 1 N–H and O–H groups in total. The summed E-state index contributed by atoms with van der Waals surface area (Å²) in [7, 11) is 0. The van der Waals surface area contributed by atoms with Crippen LogP contribution >= 0.6 is 11.6 Å². The summed E-state index contributed by atoms with van der Waals surface area (Å²) in [5.41, 5.74) is -0.352. The van der Waals surface area contributed by atoms with Gasteiger partial charge in [0.2, 0.25) is 11.5 Å². The van der Waals surface area contributed by atoms with E-state index in [1.54, 1.807) is 42.5 Å². The van der Waals surface area contributed by atoms with Crippen molar-refractivity contribution in [3.63, 3.8) is 0 Å². The fraction of sp³-hybridized carbons (Fsp3) is 0.200. The van der Waals surface area contributed by atoms with Gasteiger partial charge in [0.25, 0.3) is 0 Å². The van der Waals surface area contributed by atoms with Gasteiger partial charge in [0.05, 0.1) is 17.2 Å². The zero-order chi connectivity index (χ0) is 21.0. The number of rotatable bonds is 8. The topological polar surface area (TPSA) is 103 Å². The second kappa shape index (κ2) is 8.32.